The highest BCUT2D eigenvalue weighted by Crippen LogP contribution is 2.16. The maximum absolute atomic E-state index is 11.9. The lowest BCUT2D eigenvalue weighted by atomic mass is 10.0. The number of hydrogen-bond acceptors (Lipinski definition) is 7. The molecule has 0 bridgehead atoms. The van der Waals surface area contributed by atoms with Crippen LogP contribution in [0.3, 0.4) is 0 Å². The molecule has 7 nitrogen and oxygen atoms in total. The quantitative estimate of drug-likeness (QED) is 0.696. The van der Waals surface area contributed by atoms with Crippen LogP contribution in [0.25, 0.3) is 0 Å². The second kappa shape index (κ2) is 9.82. The fourth-order valence-electron chi connectivity index (χ4n) is 2.24. The standard InChI is InChI=1S/C19H22N2O5S/c1-4-25-18(24)9-15-11-27-19(20-15)21-16(22)10-26-17(23)8-14-6-5-12(2)13(3)7-14/h5-7,11H,4,8-10H2,1-3H3,(H,20,21,22). The van der Waals surface area contributed by atoms with Crippen LogP contribution in [0.15, 0.2) is 23.6 Å². The number of benzene rings is 1. The van der Waals surface area contributed by atoms with E-state index in [0.717, 1.165) is 16.7 Å². The highest BCUT2D eigenvalue weighted by atomic mass is 32.1. The summed E-state index contributed by atoms with van der Waals surface area (Å²) in [6.45, 7) is 5.61. The van der Waals surface area contributed by atoms with Gasteiger partial charge in [-0.25, -0.2) is 4.98 Å². The Morgan fingerprint density at radius 3 is 2.52 bits per heavy atom. The summed E-state index contributed by atoms with van der Waals surface area (Å²) in [7, 11) is 0. The van der Waals surface area contributed by atoms with Crippen LogP contribution >= 0.6 is 11.3 Å². The van der Waals surface area contributed by atoms with Gasteiger partial charge in [0.1, 0.15) is 0 Å². The molecule has 0 atom stereocenters. The van der Waals surface area contributed by atoms with E-state index in [0.29, 0.717) is 17.4 Å². The molecule has 1 amide bonds. The van der Waals surface area contributed by atoms with Gasteiger partial charge in [0, 0.05) is 5.38 Å². The molecule has 144 valence electrons. The van der Waals surface area contributed by atoms with Crippen molar-refractivity contribution in [2.24, 2.45) is 0 Å². The van der Waals surface area contributed by atoms with Crippen molar-refractivity contribution < 1.29 is 23.9 Å². The van der Waals surface area contributed by atoms with Crippen molar-refractivity contribution in [3.63, 3.8) is 0 Å². The molecule has 0 aliphatic heterocycles. The molecule has 0 saturated heterocycles. The zero-order valence-corrected chi connectivity index (χ0v) is 16.4. The zero-order chi connectivity index (χ0) is 19.8. The van der Waals surface area contributed by atoms with E-state index in [1.807, 2.05) is 32.0 Å². The Kier molecular flexibility index (Phi) is 7.48. The Labute approximate surface area is 161 Å². The number of anilines is 1. The predicted molar refractivity (Wildman–Crippen MR) is 102 cm³/mol. The molecule has 1 N–H and O–H groups in total. The summed E-state index contributed by atoms with van der Waals surface area (Å²) in [6.07, 6.45) is 0.153. The van der Waals surface area contributed by atoms with Crippen LogP contribution in [0.1, 0.15) is 29.3 Å². The number of carbonyl (C=O) groups is 3. The van der Waals surface area contributed by atoms with E-state index in [4.69, 9.17) is 9.47 Å². The lowest BCUT2D eigenvalue weighted by molar-refractivity contribution is -0.146. The summed E-state index contributed by atoms with van der Waals surface area (Å²) in [5.41, 5.74) is 3.60. The van der Waals surface area contributed by atoms with Gasteiger partial charge in [-0.15, -0.1) is 11.3 Å². The van der Waals surface area contributed by atoms with Crippen molar-refractivity contribution in [3.05, 3.63) is 46.0 Å². The number of aromatic nitrogens is 1. The minimum Gasteiger partial charge on any atom is -0.466 e. The first-order valence-corrected chi connectivity index (χ1v) is 9.37. The van der Waals surface area contributed by atoms with Crippen molar-refractivity contribution >= 4 is 34.3 Å². The van der Waals surface area contributed by atoms with Crippen molar-refractivity contribution in [3.8, 4) is 0 Å². The predicted octanol–water partition coefficient (Wildman–Crippen LogP) is 2.59. The molecule has 2 aromatic rings. The SMILES string of the molecule is CCOC(=O)Cc1csc(NC(=O)COC(=O)Cc2ccc(C)c(C)c2)n1. The molecular weight excluding hydrogens is 368 g/mol. The van der Waals surface area contributed by atoms with Crippen LogP contribution in [-0.2, 0) is 36.7 Å². The molecule has 0 aliphatic carbocycles. The Morgan fingerprint density at radius 2 is 1.81 bits per heavy atom. The van der Waals surface area contributed by atoms with E-state index in [-0.39, 0.29) is 18.8 Å². The summed E-state index contributed by atoms with van der Waals surface area (Å²) in [5.74, 6) is -1.34. The van der Waals surface area contributed by atoms with Crippen LogP contribution in [0.5, 0.6) is 0 Å². The van der Waals surface area contributed by atoms with Gasteiger partial charge in [0.25, 0.3) is 5.91 Å². The molecule has 0 spiro atoms. The van der Waals surface area contributed by atoms with E-state index in [1.165, 1.54) is 11.3 Å². The number of aryl methyl sites for hydroxylation is 2. The first kappa shape index (κ1) is 20.6. The van der Waals surface area contributed by atoms with Gasteiger partial charge in [0.15, 0.2) is 11.7 Å². The number of carbonyl (C=O) groups excluding carboxylic acids is 3. The number of rotatable bonds is 8. The van der Waals surface area contributed by atoms with E-state index in [2.05, 4.69) is 10.3 Å². The van der Waals surface area contributed by atoms with Gasteiger partial charge in [-0.2, -0.15) is 0 Å². The smallest absolute Gasteiger partial charge is 0.311 e. The minimum atomic E-state index is -0.486. The Balaban J connectivity index is 1.77. The molecule has 8 heteroatoms. The van der Waals surface area contributed by atoms with Crippen LogP contribution in [-0.4, -0.2) is 36.0 Å². The first-order valence-electron chi connectivity index (χ1n) is 8.49. The third-order valence-electron chi connectivity index (χ3n) is 3.71. The first-order chi connectivity index (χ1) is 12.9. The van der Waals surface area contributed by atoms with Gasteiger partial charge in [0.2, 0.25) is 0 Å². The molecule has 0 unspecified atom stereocenters. The monoisotopic (exact) mass is 390 g/mol. The molecule has 0 radical (unpaired) electrons. The van der Waals surface area contributed by atoms with Gasteiger partial charge in [-0.3, -0.25) is 19.7 Å². The molecular formula is C19H22N2O5S. The van der Waals surface area contributed by atoms with E-state index >= 15 is 0 Å². The summed E-state index contributed by atoms with van der Waals surface area (Å²) < 4.78 is 9.85. The molecule has 27 heavy (non-hydrogen) atoms. The Hall–Kier alpha value is -2.74. The lowest BCUT2D eigenvalue weighted by Gasteiger charge is -2.06. The Morgan fingerprint density at radius 1 is 1.07 bits per heavy atom. The van der Waals surface area contributed by atoms with Crippen molar-refractivity contribution in [1.29, 1.82) is 0 Å². The number of esters is 2. The van der Waals surface area contributed by atoms with Crippen molar-refractivity contribution in [2.75, 3.05) is 18.5 Å². The largest absolute Gasteiger partial charge is 0.466 e. The van der Waals surface area contributed by atoms with Crippen LogP contribution in [0.2, 0.25) is 0 Å². The average Bonchev–Trinajstić information content (AvgIpc) is 3.03. The highest BCUT2D eigenvalue weighted by molar-refractivity contribution is 7.13. The summed E-state index contributed by atoms with van der Waals surface area (Å²) in [5, 5.41) is 4.54. The van der Waals surface area contributed by atoms with Gasteiger partial charge in [0.05, 0.1) is 25.1 Å². The maximum atomic E-state index is 11.9. The van der Waals surface area contributed by atoms with Crippen LogP contribution in [0, 0.1) is 13.8 Å². The van der Waals surface area contributed by atoms with E-state index in [1.54, 1.807) is 12.3 Å². The van der Waals surface area contributed by atoms with Gasteiger partial charge < -0.3 is 9.47 Å². The number of hydrogen-bond donors (Lipinski definition) is 1. The molecule has 0 aliphatic rings. The van der Waals surface area contributed by atoms with Crippen molar-refractivity contribution in [1.82, 2.24) is 4.98 Å². The number of ether oxygens (including phenoxy) is 2. The third-order valence-corrected chi connectivity index (χ3v) is 4.52. The fourth-order valence-corrected chi connectivity index (χ4v) is 2.96. The fraction of sp³-hybridized carbons (Fsp3) is 0.368. The molecule has 1 aromatic heterocycles. The van der Waals surface area contributed by atoms with Crippen molar-refractivity contribution in [2.45, 2.75) is 33.6 Å². The number of amides is 1. The number of nitrogens with zero attached hydrogens (tertiary/aromatic N) is 1. The lowest BCUT2D eigenvalue weighted by Crippen LogP contribution is -2.21. The van der Waals surface area contributed by atoms with Gasteiger partial charge in [-0.1, -0.05) is 18.2 Å². The molecule has 0 fully saturated rings. The average molecular weight is 390 g/mol. The second-order valence-corrected chi connectivity index (χ2v) is 6.79. The highest BCUT2D eigenvalue weighted by Gasteiger charge is 2.12. The summed E-state index contributed by atoms with van der Waals surface area (Å²) in [6, 6.07) is 5.74. The topological polar surface area (TPSA) is 94.6 Å². The Bertz CT molecular complexity index is 831. The third kappa shape index (κ3) is 6.82. The number of thiazole rings is 1. The summed E-state index contributed by atoms with van der Waals surface area (Å²) in [4.78, 5) is 39.3. The minimum absolute atomic E-state index is 0.0468. The number of nitrogens with one attached hydrogen (secondary N) is 1. The molecule has 1 heterocycles. The molecule has 0 saturated carbocycles. The van der Waals surface area contributed by atoms with Gasteiger partial charge in [-0.05, 0) is 37.5 Å². The van der Waals surface area contributed by atoms with E-state index < -0.39 is 18.5 Å². The van der Waals surface area contributed by atoms with Crippen LogP contribution < -0.4 is 5.32 Å². The van der Waals surface area contributed by atoms with E-state index in [9.17, 15) is 14.4 Å². The maximum Gasteiger partial charge on any atom is 0.311 e. The second-order valence-electron chi connectivity index (χ2n) is 5.93. The van der Waals surface area contributed by atoms with Crippen LogP contribution in [0.4, 0.5) is 5.13 Å². The normalized spacial score (nSPS) is 10.3. The molecule has 2 rings (SSSR count). The zero-order valence-electron chi connectivity index (χ0n) is 15.5. The molecule has 1 aromatic carbocycles. The summed E-state index contributed by atoms with van der Waals surface area (Å²) >= 11 is 1.19. The van der Waals surface area contributed by atoms with Gasteiger partial charge >= 0.3 is 11.9 Å².